The van der Waals surface area contributed by atoms with Gasteiger partial charge in [0, 0.05) is 18.1 Å². The van der Waals surface area contributed by atoms with E-state index in [1.54, 1.807) is 23.0 Å². The number of aromatic nitrogens is 4. The van der Waals surface area contributed by atoms with Gasteiger partial charge >= 0.3 is 0 Å². The average Bonchev–Trinajstić information content (AvgIpc) is 2.92. The molecule has 0 spiro atoms. The molecular formula is C17H19N5OS. The Hall–Kier alpha value is -2.41. The van der Waals surface area contributed by atoms with Gasteiger partial charge < -0.3 is 5.32 Å². The number of nitrogens with zero attached hydrogens (tertiary/aromatic N) is 4. The molecule has 2 aromatic heterocycles. The molecular weight excluding hydrogens is 322 g/mol. The fourth-order valence-corrected chi connectivity index (χ4v) is 3.33. The Morgan fingerprint density at radius 2 is 1.96 bits per heavy atom. The Bertz CT molecular complexity index is 849. The first kappa shape index (κ1) is 16.4. The lowest BCUT2D eigenvalue weighted by Gasteiger charge is -2.15. The Labute approximate surface area is 144 Å². The molecule has 0 fully saturated rings. The van der Waals surface area contributed by atoms with Crippen LogP contribution >= 0.6 is 11.8 Å². The van der Waals surface area contributed by atoms with Gasteiger partial charge in [-0.2, -0.15) is 4.98 Å². The van der Waals surface area contributed by atoms with Gasteiger partial charge in [-0.05, 0) is 44.9 Å². The highest BCUT2D eigenvalue weighted by molar-refractivity contribution is 8.00. The second-order valence-corrected chi connectivity index (χ2v) is 7.09. The highest BCUT2D eigenvalue weighted by Crippen LogP contribution is 2.25. The minimum absolute atomic E-state index is 0.0677. The zero-order chi connectivity index (χ0) is 17.3. The molecule has 0 aliphatic rings. The zero-order valence-corrected chi connectivity index (χ0v) is 14.9. The number of hydrogen-bond donors (Lipinski definition) is 1. The highest BCUT2D eigenvalue weighted by Gasteiger charge is 2.19. The van der Waals surface area contributed by atoms with E-state index in [4.69, 9.17) is 0 Å². The lowest BCUT2D eigenvalue weighted by molar-refractivity contribution is -0.115. The van der Waals surface area contributed by atoms with Crippen molar-refractivity contribution in [2.24, 2.45) is 0 Å². The molecule has 0 saturated heterocycles. The molecule has 3 rings (SSSR count). The summed E-state index contributed by atoms with van der Waals surface area (Å²) < 4.78 is 1.60. The molecule has 0 aliphatic heterocycles. The molecule has 1 amide bonds. The number of aryl methyl sites for hydroxylation is 3. The van der Waals surface area contributed by atoms with E-state index < -0.39 is 0 Å². The molecule has 1 N–H and O–H groups in total. The molecule has 0 bridgehead atoms. The third kappa shape index (κ3) is 3.41. The molecule has 2 heterocycles. The van der Waals surface area contributed by atoms with Crippen LogP contribution in [0.5, 0.6) is 0 Å². The quantitative estimate of drug-likeness (QED) is 0.738. The van der Waals surface area contributed by atoms with E-state index in [2.05, 4.69) is 32.5 Å². The van der Waals surface area contributed by atoms with Crippen LogP contribution in [0.25, 0.3) is 5.78 Å². The number of carbonyl (C=O) groups is 1. The fourth-order valence-electron chi connectivity index (χ4n) is 2.58. The van der Waals surface area contributed by atoms with Crippen LogP contribution in [-0.2, 0) is 4.79 Å². The standard InChI is InChI=1S/C17H19N5OS/c1-10-8-11(2)14(12(3)9-10)19-15(23)13(4)24-17-20-16-18-6-5-7-22(16)21-17/h5-9,13H,1-4H3,(H,19,23). The van der Waals surface area contributed by atoms with Crippen molar-refractivity contribution >= 4 is 29.1 Å². The smallest absolute Gasteiger partial charge is 0.253 e. The minimum Gasteiger partial charge on any atom is -0.325 e. The Morgan fingerprint density at radius 3 is 2.62 bits per heavy atom. The van der Waals surface area contributed by atoms with E-state index in [1.807, 2.05) is 27.7 Å². The van der Waals surface area contributed by atoms with Crippen LogP contribution in [0.15, 0.2) is 35.7 Å². The molecule has 1 atom stereocenters. The van der Waals surface area contributed by atoms with Crippen molar-refractivity contribution < 1.29 is 4.79 Å². The predicted molar refractivity (Wildman–Crippen MR) is 95.4 cm³/mol. The summed E-state index contributed by atoms with van der Waals surface area (Å²) in [5.74, 6) is 0.458. The van der Waals surface area contributed by atoms with E-state index in [0.29, 0.717) is 10.9 Å². The molecule has 1 unspecified atom stereocenters. The van der Waals surface area contributed by atoms with Gasteiger partial charge in [-0.3, -0.25) is 4.79 Å². The molecule has 6 nitrogen and oxygen atoms in total. The zero-order valence-electron chi connectivity index (χ0n) is 14.1. The van der Waals surface area contributed by atoms with Crippen LogP contribution in [0.3, 0.4) is 0 Å². The average molecular weight is 341 g/mol. The first-order chi connectivity index (χ1) is 11.4. The SMILES string of the molecule is Cc1cc(C)c(NC(=O)C(C)Sc2nc3ncccn3n2)c(C)c1. The van der Waals surface area contributed by atoms with Crippen LogP contribution in [0.2, 0.25) is 0 Å². The number of hydrogen-bond acceptors (Lipinski definition) is 5. The van der Waals surface area contributed by atoms with Crippen molar-refractivity contribution in [1.29, 1.82) is 0 Å². The number of anilines is 1. The summed E-state index contributed by atoms with van der Waals surface area (Å²) in [6.45, 7) is 7.90. The maximum absolute atomic E-state index is 12.5. The molecule has 0 aliphatic carbocycles. The van der Waals surface area contributed by atoms with E-state index in [0.717, 1.165) is 16.8 Å². The monoisotopic (exact) mass is 341 g/mol. The van der Waals surface area contributed by atoms with Crippen molar-refractivity contribution in [3.63, 3.8) is 0 Å². The van der Waals surface area contributed by atoms with E-state index in [1.165, 1.54) is 17.3 Å². The number of thioether (sulfide) groups is 1. The lowest BCUT2D eigenvalue weighted by Crippen LogP contribution is -2.23. The van der Waals surface area contributed by atoms with Crippen molar-refractivity contribution in [3.8, 4) is 0 Å². The summed E-state index contributed by atoms with van der Waals surface area (Å²) >= 11 is 1.32. The molecule has 0 saturated carbocycles. The Balaban J connectivity index is 1.73. The van der Waals surface area contributed by atoms with Gasteiger partial charge in [0.05, 0.1) is 5.25 Å². The van der Waals surface area contributed by atoms with Crippen LogP contribution < -0.4 is 5.32 Å². The van der Waals surface area contributed by atoms with Crippen LogP contribution in [0.1, 0.15) is 23.6 Å². The van der Waals surface area contributed by atoms with Gasteiger partial charge in [0.1, 0.15) is 0 Å². The summed E-state index contributed by atoms with van der Waals surface area (Å²) in [6, 6.07) is 5.92. The topological polar surface area (TPSA) is 72.2 Å². The van der Waals surface area contributed by atoms with Gasteiger partial charge in [-0.15, -0.1) is 5.10 Å². The van der Waals surface area contributed by atoms with E-state index >= 15 is 0 Å². The summed E-state index contributed by atoms with van der Waals surface area (Å²) in [6.07, 6.45) is 3.45. The third-order valence-electron chi connectivity index (χ3n) is 3.67. The number of nitrogens with one attached hydrogen (secondary N) is 1. The summed E-state index contributed by atoms with van der Waals surface area (Å²) in [5, 5.41) is 7.56. The van der Waals surface area contributed by atoms with Gasteiger partial charge in [-0.1, -0.05) is 29.5 Å². The Kier molecular flexibility index (Phi) is 4.53. The largest absolute Gasteiger partial charge is 0.325 e. The first-order valence-electron chi connectivity index (χ1n) is 7.67. The molecule has 0 radical (unpaired) electrons. The van der Waals surface area contributed by atoms with Crippen LogP contribution in [-0.4, -0.2) is 30.7 Å². The van der Waals surface area contributed by atoms with Crippen LogP contribution in [0, 0.1) is 20.8 Å². The van der Waals surface area contributed by atoms with Crippen LogP contribution in [0.4, 0.5) is 5.69 Å². The van der Waals surface area contributed by atoms with Gasteiger partial charge in [0.25, 0.3) is 5.78 Å². The number of fused-ring (bicyclic) bond motifs is 1. The first-order valence-corrected chi connectivity index (χ1v) is 8.55. The number of amides is 1. The second kappa shape index (κ2) is 6.60. The summed E-state index contributed by atoms with van der Waals surface area (Å²) in [7, 11) is 0. The minimum atomic E-state index is -0.317. The van der Waals surface area contributed by atoms with Crippen molar-refractivity contribution in [3.05, 3.63) is 47.3 Å². The van der Waals surface area contributed by atoms with Gasteiger partial charge in [0.2, 0.25) is 11.1 Å². The molecule has 1 aromatic carbocycles. The lowest BCUT2D eigenvalue weighted by atomic mass is 10.1. The normalized spacial score (nSPS) is 12.3. The predicted octanol–water partition coefficient (Wildman–Crippen LogP) is 3.17. The third-order valence-corrected chi connectivity index (χ3v) is 4.63. The Morgan fingerprint density at radius 1 is 1.25 bits per heavy atom. The maximum Gasteiger partial charge on any atom is 0.253 e. The van der Waals surface area contributed by atoms with Crippen molar-refractivity contribution in [2.75, 3.05) is 5.32 Å². The van der Waals surface area contributed by atoms with Gasteiger partial charge in [-0.25, -0.2) is 9.50 Å². The van der Waals surface area contributed by atoms with E-state index in [-0.39, 0.29) is 11.2 Å². The number of benzene rings is 1. The second-order valence-electron chi connectivity index (χ2n) is 5.78. The molecule has 124 valence electrons. The summed E-state index contributed by atoms with van der Waals surface area (Å²) in [5.41, 5.74) is 4.19. The van der Waals surface area contributed by atoms with E-state index in [9.17, 15) is 4.79 Å². The number of rotatable bonds is 4. The molecule has 24 heavy (non-hydrogen) atoms. The highest BCUT2D eigenvalue weighted by atomic mass is 32.2. The molecule has 7 heteroatoms. The fraction of sp³-hybridized carbons (Fsp3) is 0.294. The van der Waals surface area contributed by atoms with Gasteiger partial charge in [0.15, 0.2) is 0 Å². The van der Waals surface area contributed by atoms with Crippen molar-refractivity contribution in [1.82, 2.24) is 19.6 Å². The number of carbonyl (C=O) groups excluding carboxylic acids is 1. The van der Waals surface area contributed by atoms with Crippen molar-refractivity contribution in [2.45, 2.75) is 38.1 Å². The maximum atomic E-state index is 12.5. The molecule has 3 aromatic rings. The summed E-state index contributed by atoms with van der Waals surface area (Å²) in [4.78, 5) is 21.0.